The molecular formula is C12H12O4. The minimum atomic E-state index is -0.392. The molecule has 16 heavy (non-hydrogen) atoms. The highest BCUT2D eigenvalue weighted by Crippen LogP contribution is 2.10. The van der Waals surface area contributed by atoms with E-state index in [4.69, 9.17) is 9.47 Å². The van der Waals surface area contributed by atoms with Gasteiger partial charge in [-0.25, -0.2) is 9.59 Å². The number of hydrogen-bond donors (Lipinski definition) is 0. The Labute approximate surface area is 93.2 Å². The van der Waals surface area contributed by atoms with E-state index in [-0.39, 0.29) is 0 Å². The van der Waals surface area contributed by atoms with Crippen LogP contribution in [-0.2, 0) is 9.47 Å². The molecule has 0 aromatic heterocycles. The maximum Gasteiger partial charge on any atom is 0.338 e. The minimum absolute atomic E-state index is 0.362. The summed E-state index contributed by atoms with van der Waals surface area (Å²) in [6.07, 6.45) is 1.41. The molecule has 0 saturated carbocycles. The molecule has 4 nitrogen and oxygen atoms in total. The number of rotatable bonds is 0. The average Bonchev–Trinajstić information content (AvgIpc) is 2.33. The van der Waals surface area contributed by atoms with Crippen molar-refractivity contribution in [1.29, 1.82) is 0 Å². The first-order valence-electron chi connectivity index (χ1n) is 5.22. The SMILES string of the molecule is O=C1OCCCCOC(=O)c2cccc1c2. The first-order chi connectivity index (χ1) is 7.77. The molecule has 84 valence electrons. The molecule has 4 heteroatoms. The lowest BCUT2D eigenvalue weighted by molar-refractivity contribution is 0.0443. The highest BCUT2D eigenvalue weighted by Gasteiger charge is 2.13. The van der Waals surface area contributed by atoms with E-state index in [1.807, 2.05) is 0 Å². The van der Waals surface area contributed by atoms with Crippen molar-refractivity contribution in [3.63, 3.8) is 0 Å². The Morgan fingerprint density at radius 3 is 1.88 bits per heavy atom. The van der Waals surface area contributed by atoms with Gasteiger partial charge in [-0.05, 0) is 31.0 Å². The molecule has 0 radical (unpaired) electrons. The zero-order chi connectivity index (χ0) is 11.4. The minimum Gasteiger partial charge on any atom is -0.462 e. The standard InChI is InChI=1S/C12H12O4/c13-11-9-4-3-5-10(8-9)12(14)16-7-2-1-6-15-11/h3-5,8H,1-2,6-7H2. The zero-order valence-electron chi connectivity index (χ0n) is 8.77. The van der Waals surface area contributed by atoms with E-state index in [2.05, 4.69) is 0 Å². The van der Waals surface area contributed by atoms with Crippen molar-refractivity contribution in [2.75, 3.05) is 13.2 Å². The Morgan fingerprint density at radius 2 is 1.38 bits per heavy atom. The van der Waals surface area contributed by atoms with Gasteiger partial charge < -0.3 is 9.47 Å². The van der Waals surface area contributed by atoms with Crippen LogP contribution in [0, 0.1) is 0 Å². The number of esters is 2. The molecule has 1 heterocycles. The van der Waals surface area contributed by atoms with Crippen molar-refractivity contribution in [3.05, 3.63) is 35.4 Å². The number of carbonyl (C=O) groups is 2. The molecule has 0 aliphatic carbocycles. The highest BCUT2D eigenvalue weighted by molar-refractivity contribution is 5.95. The van der Waals surface area contributed by atoms with Gasteiger partial charge in [-0.15, -0.1) is 0 Å². The quantitative estimate of drug-likeness (QED) is 0.625. The second-order valence-electron chi connectivity index (χ2n) is 3.56. The summed E-state index contributed by atoms with van der Waals surface area (Å²) in [5.41, 5.74) is 0.771. The summed E-state index contributed by atoms with van der Waals surface area (Å²) < 4.78 is 10.1. The van der Waals surface area contributed by atoms with Crippen LogP contribution in [0.5, 0.6) is 0 Å². The Hall–Kier alpha value is -1.84. The van der Waals surface area contributed by atoms with Gasteiger partial charge in [0.2, 0.25) is 0 Å². The topological polar surface area (TPSA) is 52.6 Å². The van der Waals surface area contributed by atoms with Crippen LogP contribution in [0.4, 0.5) is 0 Å². The third-order valence-electron chi connectivity index (χ3n) is 2.34. The number of hydrogen-bond acceptors (Lipinski definition) is 4. The molecule has 0 atom stereocenters. The van der Waals surface area contributed by atoms with Crippen LogP contribution in [-0.4, -0.2) is 25.2 Å². The van der Waals surface area contributed by atoms with Crippen LogP contribution in [0.3, 0.4) is 0 Å². The van der Waals surface area contributed by atoms with Crippen LogP contribution in [0.25, 0.3) is 0 Å². The van der Waals surface area contributed by atoms with Gasteiger partial charge >= 0.3 is 11.9 Å². The van der Waals surface area contributed by atoms with E-state index in [0.717, 1.165) is 0 Å². The highest BCUT2D eigenvalue weighted by atomic mass is 16.5. The first-order valence-corrected chi connectivity index (χ1v) is 5.22. The summed E-state index contributed by atoms with van der Waals surface area (Å²) in [6.45, 7) is 0.723. The number of carbonyl (C=O) groups excluding carboxylic acids is 2. The Kier molecular flexibility index (Phi) is 3.19. The number of cyclic esters (lactones) is 2. The van der Waals surface area contributed by atoms with Gasteiger partial charge in [-0.2, -0.15) is 0 Å². The van der Waals surface area contributed by atoms with Crippen LogP contribution >= 0.6 is 0 Å². The lowest BCUT2D eigenvalue weighted by atomic mass is 10.1. The molecule has 0 N–H and O–H groups in total. The second kappa shape index (κ2) is 4.79. The van der Waals surface area contributed by atoms with Crippen molar-refractivity contribution < 1.29 is 19.1 Å². The number of benzene rings is 1. The van der Waals surface area contributed by atoms with E-state index in [0.29, 0.717) is 37.2 Å². The van der Waals surface area contributed by atoms with E-state index in [1.165, 1.54) is 6.07 Å². The van der Waals surface area contributed by atoms with Gasteiger partial charge in [-0.3, -0.25) is 0 Å². The molecule has 0 spiro atoms. The maximum absolute atomic E-state index is 11.5. The Bertz CT molecular complexity index is 376. The first kappa shape index (κ1) is 10.7. The Morgan fingerprint density at radius 1 is 0.875 bits per heavy atom. The van der Waals surface area contributed by atoms with Gasteiger partial charge in [0, 0.05) is 0 Å². The largest absolute Gasteiger partial charge is 0.462 e. The summed E-state index contributed by atoms with van der Waals surface area (Å²) in [7, 11) is 0. The van der Waals surface area contributed by atoms with Crippen LogP contribution < -0.4 is 0 Å². The smallest absolute Gasteiger partial charge is 0.338 e. The van der Waals surface area contributed by atoms with Crippen LogP contribution in [0.15, 0.2) is 24.3 Å². The van der Waals surface area contributed by atoms with Gasteiger partial charge in [0.15, 0.2) is 0 Å². The fourth-order valence-electron chi connectivity index (χ4n) is 1.47. The molecule has 1 aromatic carbocycles. The van der Waals surface area contributed by atoms with E-state index < -0.39 is 11.9 Å². The molecular weight excluding hydrogens is 208 g/mol. The van der Waals surface area contributed by atoms with E-state index in [1.54, 1.807) is 18.2 Å². The summed E-state index contributed by atoms with van der Waals surface area (Å²) in [5, 5.41) is 0. The lowest BCUT2D eigenvalue weighted by Gasteiger charge is -2.03. The summed E-state index contributed by atoms with van der Waals surface area (Å²) in [5.74, 6) is -0.784. The molecule has 1 aliphatic rings. The van der Waals surface area contributed by atoms with Crippen molar-refractivity contribution >= 4 is 11.9 Å². The van der Waals surface area contributed by atoms with Crippen molar-refractivity contribution in [2.24, 2.45) is 0 Å². The number of ether oxygens (including phenoxy) is 2. The van der Waals surface area contributed by atoms with Crippen LogP contribution in [0.1, 0.15) is 33.6 Å². The molecule has 2 rings (SSSR count). The summed E-state index contributed by atoms with van der Waals surface area (Å²) in [4.78, 5) is 23.1. The van der Waals surface area contributed by atoms with Gasteiger partial charge in [0.25, 0.3) is 0 Å². The van der Waals surface area contributed by atoms with E-state index >= 15 is 0 Å². The average molecular weight is 220 g/mol. The predicted octanol–water partition coefficient (Wildman–Crippen LogP) is 1.79. The van der Waals surface area contributed by atoms with Crippen molar-refractivity contribution in [1.82, 2.24) is 0 Å². The molecule has 2 bridgehead atoms. The molecule has 1 aliphatic heterocycles. The Balaban J connectivity index is 2.29. The maximum atomic E-state index is 11.5. The normalized spacial score (nSPS) is 17.0. The fourth-order valence-corrected chi connectivity index (χ4v) is 1.47. The predicted molar refractivity (Wildman–Crippen MR) is 56.2 cm³/mol. The van der Waals surface area contributed by atoms with Gasteiger partial charge in [-0.1, -0.05) is 6.07 Å². The van der Waals surface area contributed by atoms with Crippen molar-refractivity contribution in [2.45, 2.75) is 12.8 Å². The van der Waals surface area contributed by atoms with Crippen molar-refractivity contribution in [3.8, 4) is 0 Å². The summed E-state index contributed by atoms with van der Waals surface area (Å²) >= 11 is 0. The number of fused-ring (bicyclic) bond motifs is 2. The molecule has 0 fully saturated rings. The summed E-state index contributed by atoms with van der Waals surface area (Å²) in [6, 6.07) is 6.38. The monoisotopic (exact) mass is 220 g/mol. The van der Waals surface area contributed by atoms with Crippen LogP contribution in [0.2, 0.25) is 0 Å². The fraction of sp³-hybridized carbons (Fsp3) is 0.333. The third-order valence-corrected chi connectivity index (χ3v) is 2.34. The zero-order valence-corrected chi connectivity index (χ0v) is 8.77. The van der Waals surface area contributed by atoms with Gasteiger partial charge in [0.1, 0.15) is 0 Å². The van der Waals surface area contributed by atoms with Gasteiger partial charge in [0.05, 0.1) is 24.3 Å². The van der Waals surface area contributed by atoms with E-state index in [9.17, 15) is 9.59 Å². The second-order valence-corrected chi connectivity index (χ2v) is 3.56. The molecule has 1 aromatic rings. The molecule has 0 amide bonds. The third kappa shape index (κ3) is 2.39. The molecule has 0 saturated heterocycles. The molecule has 0 unspecified atom stereocenters. The lowest BCUT2D eigenvalue weighted by Crippen LogP contribution is -2.07.